The number of hydrogen-bond donors (Lipinski definition) is 2. The third-order valence-electron chi connectivity index (χ3n) is 3.96. The number of nitrogens with one attached hydrogen (secondary N) is 1. The summed E-state index contributed by atoms with van der Waals surface area (Å²) in [4.78, 5) is 12.0. The normalized spacial score (nSPS) is 12.4. The van der Waals surface area contributed by atoms with Crippen molar-refractivity contribution in [1.29, 1.82) is 0 Å². The van der Waals surface area contributed by atoms with Crippen LogP contribution in [0, 0.1) is 13.8 Å². The van der Waals surface area contributed by atoms with Gasteiger partial charge in [0.2, 0.25) is 15.9 Å². The van der Waals surface area contributed by atoms with Crippen LogP contribution in [-0.4, -0.2) is 14.3 Å². The van der Waals surface area contributed by atoms with E-state index in [-0.39, 0.29) is 21.2 Å². The largest absolute Gasteiger partial charge is 0.416 e. The number of amides is 1. The number of alkyl halides is 3. The first kappa shape index (κ1) is 21.9. The summed E-state index contributed by atoms with van der Waals surface area (Å²) in [6, 6.07) is 5.33. The zero-order chi connectivity index (χ0) is 21.3. The molecule has 5 nitrogen and oxygen atoms in total. The maximum absolute atomic E-state index is 12.8. The molecule has 0 saturated heterocycles. The van der Waals surface area contributed by atoms with Crippen LogP contribution in [0.2, 0.25) is 5.02 Å². The molecule has 0 atom stereocenters. The zero-order valence-corrected chi connectivity index (χ0v) is 16.3. The van der Waals surface area contributed by atoms with Gasteiger partial charge in [0.1, 0.15) is 0 Å². The number of benzene rings is 2. The van der Waals surface area contributed by atoms with E-state index in [2.05, 4.69) is 5.32 Å². The zero-order valence-electron chi connectivity index (χ0n) is 14.8. The number of primary sulfonamides is 1. The molecule has 0 aromatic heterocycles. The Morgan fingerprint density at radius 2 is 1.82 bits per heavy atom. The Balaban J connectivity index is 2.29. The number of carbonyl (C=O) groups is 1. The third-order valence-corrected chi connectivity index (χ3v) is 5.20. The Labute approximate surface area is 165 Å². The SMILES string of the molecule is Cc1cc(S(N)(=O)=O)cc(NC(=O)/C=C/c2cc(C(F)(F)F)ccc2Cl)c1C. The smallest absolute Gasteiger partial charge is 0.322 e. The lowest BCUT2D eigenvalue weighted by atomic mass is 10.1. The Hall–Kier alpha value is -2.36. The van der Waals surface area contributed by atoms with E-state index in [1.54, 1.807) is 13.8 Å². The first-order valence-corrected chi connectivity index (χ1v) is 9.71. The maximum atomic E-state index is 12.8. The summed E-state index contributed by atoms with van der Waals surface area (Å²) >= 11 is 5.88. The first-order valence-electron chi connectivity index (χ1n) is 7.79. The number of anilines is 1. The van der Waals surface area contributed by atoms with Gasteiger partial charge in [-0.15, -0.1) is 0 Å². The molecule has 0 aliphatic carbocycles. The molecule has 1 amide bonds. The average Bonchev–Trinajstić information content (AvgIpc) is 2.56. The molecule has 0 aliphatic rings. The van der Waals surface area contributed by atoms with Gasteiger partial charge in [-0.25, -0.2) is 13.6 Å². The summed E-state index contributed by atoms with van der Waals surface area (Å²) in [6.07, 6.45) is -2.41. The van der Waals surface area contributed by atoms with E-state index in [0.29, 0.717) is 11.1 Å². The fourth-order valence-corrected chi connectivity index (χ4v) is 3.11. The number of aryl methyl sites for hydroxylation is 1. The minimum Gasteiger partial charge on any atom is -0.322 e. The van der Waals surface area contributed by atoms with Crippen molar-refractivity contribution in [3.05, 3.63) is 63.7 Å². The van der Waals surface area contributed by atoms with Crippen LogP contribution in [0.5, 0.6) is 0 Å². The summed E-state index contributed by atoms with van der Waals surface area (Å²) in [5, 5.41) is 7.64. The molecular weight excluding hydrogens is 417 g/mol. The highest BCUT2D eigenvalue weighted by atomic mass is 35.5. The highest BCUT2D eigenvalue weighted by molar-refractivity contribution is 7.89. The molecule has 0 spiro atoms. The highest BCUT2D eigenvalue weighted by Crippen LogP contribution is 2.32. The maximum Gasteiger partial charge on any atom is 0.416 e. The quantitative estimate of drug-likeness (QED) is 0.707. The monoisotopic (exact) mass is 432 g/mol. The van der Waals surface area contributed by atoms with Crippen LogP contribution in [0.1, 0.15) is 22.3 Å². The van der Waals surface area contributed by atoms with Crippen molar-refractivity contribution < 1.29 is 26.4 Å². The van der Waals surface area contributed by atoms with Crippen LogP contribution in [0.4, 0.5) is 18.9 Å². The van der Waals surface area contributed by atoms with E-state index in [4.69, 9.17) is 16.7 Å². The number of nitrogens with two attached hydrogens (primary N) is 1. The summed E-state index contributed by atoms with van der Waals surface area (Å²) in [6.45, 7) is 3.32. The molecule has 28 heavy (non-hydrogen) atoms. The van der Waals surface area contributed by atoms with Gasteiger partial charge in [-0.1, -0.05) is 11.6 Å². The van der Waals surface area contributed by atoms with Crippen molar-refractivity contribution >= 4 is 39.3 Å². The van der Waals surface area contributed by atoms with Crippen molar-refractivity contribution in [2.45, 2.75) is 24.9 Å². The predicted octanol–water partition coefficient (Wildman–Crippen LogP) is 4.27. The second-order valence-electron chi connectivity index (χ2n) is 6.01. The van der Waals surface area contributed by atoms with Gasteiger partial charge >= 0.3 is 6.18 Å². The lowest BCUT2D eigenvalue weighted by molar-refractivity contribution is -0.137. The van der Waals surface area contributed by atoms with Gasteiger partial charge in [0.05, 0.1) is 10.5 Å². The van der Waals surface area contributed by atoms with Crippen molar-refractivity contribution in [3.63, 3.8) is 0 Å². The summed E-state index contributed by atoms with van der Waals surface area (Å²) < 4.78 is 61.5. The van der Waals surface area contributed by atoms with Crippen LogP contribution in [0.25, 0.3) is 6.08 Å². The van der Waals surface area contributed by atoms with Crippen molar-refractivity contribution in [2.75, 3.05) is 5.32 Å². The minimum atomic E-state index is -4.54. The molecule has 10 heteroatoms. The van der Waals surface area contributed by atoms with Gasteiger partial charge in [-0.2, -0.15) is 13.2 Å². The molecule has 0 fully saturated rings. The van der Waals surface area contributed by atoms with E-state index >= 15 is 0 Å². The number of rotatable bonds is 4. The Morgan fingerprint density at radius 3 is 2.39 bits per heavy atom. The minimum absolute atomic E-state index is 0.0119. The molecule has 0 aliphatic heterocycles. The molecule has 2 aromatic rings. The van der Waals surface area contributed by atoms with Gasteiger partial charge < -0.3 is 5.32 Å². The fraction of sp³-hybridized carbons (Fsp3) is 0.167. The van der Waals surface area contributed by atoms with Gasteiger partial charge in [0.15, 0.2) is 0 Å². The predicted molar refractivity (Wildman–Crippen MR) is 101 cm³/mol. The van der Waals surface area contributed by atoms with Gasteiger partial charge in [-0.05, 0) is 66.9 Å². The number of halogens is 4. The number of sulfonamides is 1. The van der Waals surface area contributed by atoms with Crippen LogP contribution in [-0.2, 0) is 21.0 Å². The van der Waals surface area contributed by atoms with E-state index in [9.17, 15) is 26.4 Å². The van der Waals surface area contributed by atoms with Crippen molar-refractivity contribution in [1.82, 2.24) is 0 Å². The Morgan fingerprint density at radius 1 is 1.18 bits per heavy atom. The molecular formula is C18H16ClF3N2O3S. The second kappa shape index (κ2) is 7.94. The average molecular weight is 433 g/mol. The van der Waals surface area contributed by atoms with Crippen LogP contribution in [0.15, 0.2) is 41.3 Å². The molecule has 2 aromatic carbocycles. The van der Waals surface area contributed by atoms with Crippen molar-refractivity contribution in [2.24, 2.45) is 5.14 Å². The second-order valence-corrected chi connectivity index (χ2v) is 7.98. The molecule has 150 valence electrons. The fourth-order valence-electron chi connectivity index (χ4n) is 2.31. The van der Waals surface area contributed by atoms with Gasteiger partial charge in [-0.3, -0.25) is 4.79 Å². The van der Waals surface area contributed by atoms with Gasteiger partial charge in [0.25, 0.3) is 0 Å². The number of hydrogen-bond acceptors (Lipinski definition) is 3. The van der Waals surface area contributed by atoms with Crippen LogP contribution < -0.4 is 10.5 Å². The summed E-state index contributed by atoms with van der Waals surface area (Å²) in [5.41, 5.74) is 0.536. The summed E-state index contributed by atoms with van der Waals surface area (Å²) in [5.74, 6) is -0.678. The molecule has 2 rings (SSSR count). The van der Waals surface area contributed by atoms with Gasteiger partial charge in [0, 0.05) is 16.8 Å². The Kier molecular flexibility index (Phi) is 6.22. The lowest BCUT2D eigenvalue weighted by Crippen LogP contribution is -2.15. The lowest BCUT2D eigenvalue weighted by Gasteiger charge is -2.12. The molecule has 0 bridgehead atoms. The van der Waals surface area contributed by atoms with E-state index in [1.807, 2.05) is 0 Å². The molecule has 0 saturated carbocycles. The van der Waals surface area contributed by atoms with E-state index in [1.165, 1.54) is 12.1 Å². The summed E-state index contributed by atoms with van der Waals surface area (Å²) in [7, 11) is -3.97. The first-order chi connectivity index (χ1) is 12.8. The molecule has 0 heterocycles. The van der Waals surface area contributed by atoms with E-state index in [0.717, 1.165) is 30.4 Å². The van der Waals surface area contributed by atoms with E-state index < -0.39 is 27.7 Å². The molecule has 0 radical (unpaired) electrons. The molecule has 3 N–H and O–H groups in total. The highest BCUT2D eigenvalue weighted by Gasteiger charge is 2.30. The third kappa shape index (κ3) is 5.34. The topological polar surface area (TPSA) is 89.3 Å². The Bertz CT molecular complexity index is 1060. The molecule has 0 unspecified atom stereocenters. The van der Waals surface area contributed by atoms with Crippen LogP contribution >= 0.6 is 11.6 Å². The standard InChI is InChI=1S/C18H16ClF3N2O3S/c1-10-7-14(28(23,26)27)9-16(11(10)2)24-17(25)6-3-12-8-13(18(20,21)22)4-5-15(12)19/h3-9H,1-2H3,(H,24,25)(H2,23,26,27)/b6-3+. The number of carbonyl (C=O) groups excluding carboxylic acids is 1. The van der Waals surface area contributed by atoms with Crippen molar-refractivity contribution in [3.8, 4) is 0 Å². The van der Waals surface area contributed by atoms with Crippen LogP contribution in [0.3, 0.4) is 0 Å².